The highest BCUT2D eigenvalue weighted by Crippen LogP contribution is 2.07. The fraction of sp³-hybridized carbons (Fsp3) is 0.667. The van der Waals surface area contributed by atoms with Crippen LogP contribution < -0.4 is 0 Å². The van der Waals surface area contributed by atoms with Gasteiger partial charge in [0.2, 0.25) is 0 Å². The number of hydrogen-bond donors (Lipinski definition) is 0. The van der Waals surface area contributed by atoms with E-state index in [2.05, 4.69) is 0 Å². The summed E-state index contributed by atoms with van der Waals surface area (Å²) in [5.41, 5.74) is 0. The maximum atomic E-state index is 5.09. The molecule has 0 saturated heterocycles. The highest BCUT2D eigenvalue weighted by Gasteiger charge is 2.08. The van der Waals surface area contributed by atoms with Crippen molar-refractivity contribution in [2.45, 2.75) is 12.5 Å². The Bertz CT molecular complexity index is 80.5. The van der Waals surface area contributed by atoms with E-state index < -0.39 is 0 Å². The van der Waals surface area contributed by atoms with Crippen LogP contribution in [0.4, 0.5) is 0 Å². The number of ether oxygens (including phenoxy) is 2. The molecule has 46 valence electrons. The molecule has 1 aliphatic rings. The summed E-state index contributed by atoms with van der Waals surface area (Å²) < 4.78 is 9.95. The van der Waals surface area contributed by atoms with E-state index in [-0.39, 0.29) is 6.10 Å². The summed E-state index contributed by atoms with van der Waals surface area (Å²) in [6, 6.07) is 0. The second kappa shape index (κ2) is 2.72. The minimum absolute atomic E-state index is 0.278. The molecular formula is C6H10O2. The minimum Gasteiger partial charge on any atom is -0.496 e. The Hall–Kier alpha value is -0.500. The predicted octanol–water partition coefficient (Wildman–Crippen LogP) is 0.935. The Morgan fingerprint density at radius 1 is 1.88 bits per heavy atom. The zero-order chi connectivity index (χ0) is 5.82. The molecule has 0 aromatic carbocycles. The van der Waals surface area contributed by atoms with E-state index in [4.69, 9.17) is 9.47 Å². The molecule has 0 bridgehead atoms. The average molecular weight is 114 g/mol. The Labute approximate surface area is 49.1 Å². The Kier molecular flexibility index (Phi) is 1.92. The fourth-order valence-corrected chi connectivity index (χ4v) is 0.723. The molecule has 0 spiro atoms. The van der Waals surface area contributed by atoms with Crippen LogP contribution in [0.25, 0.3) is 0 Å². The highest BCUT2D eigenvalue weighted by molar-refractivity contribution is 4.85. The topological polar surface area (TPSA) is 18.5 Å². The van der Waals surface area contributed by atoms with Gasteiger partial charge in [-0.1, -0.05) is 0 Å². The third-order valence-corrected chi connectivity index (χ3v) is 1.12. The molecule has 0 aromatic rings. The van der Waals surface area contributed by atoms with E-state index in [1.54, 1.807) is 13.4 Å². The minimum atomic E-state index is 0.278. The van der Waals surface area contributed by atoms with Crippen molar-refractivity contribution in [1.29, 1.82) is 0 Å². The first-order chi connectivity index (χ1) is 3.93. The zero-order valence-electron chi connectivity index (χ0n) is 4.96. The number of methoxy groups -OCH3 is 1. The smallest absolute Gasteiger partial charge is 0.125 e. The van der Waals surface area contributed by atoms with E-state index >= 15 is 0 Å². The summed E-state index contributed by atoms with van der Waals surface area (Å²) >= 11 is 0. The van der Waals surface area contributed by atoms with Crippen LogP contribution in [0.1, 0.15) is 6.42 Å². The van der Waals surface area contributed by atoms with Crippen molar-refractivity contribution in [1.82, 2.24) is 0 Å². The second-order valence-corrected chi connectivity index (χ2v) is 1.82. The molecule has 0 saturated carbocycles. The molecule has 0 fully saturated rings. The average Bonchev–Trinajstić information content (AvgIpc) is 2.19. The molecule has 1 atom stereocenters. The van der Waals surface area contributed by atoms with Crippen LogP contribution in [0.3, 0.4) is 0 Å². The van der Waals surface area contributed by atoms with Crippen LogP contribution in [0, 0.1) is 0 Å². The third-order valence-electron chi connectivity index (χ3n) is 1.12. The van der Waals surface area contributed by atoms with Gasteiger partial charge in [-0.05, 0) is 6.08 Å². The van der Waals surface area contributed by atoms with Crippen molar-refractivity contribution < 1.29 is 9.47 Å². The number of rotatable bonds is 2. The lowest BCUT2D eigenvalue weighted by Crippen LogP contribution is -2.11. The maximum absolute atomic E-state index is 5.09. The fourth-order valence-electron chi connectivity index (χ4n) is 0.723. The normalized spacial score (nSPS) is 25.9. The molecule has 0 amide bonds. The molecule has 1 heterocycles. The number of hydrogen-bond acceptors (Lipinski definition) is 2. The zero-order valence-corrected chi connectivity index (χ0v) is 4.96. The van der Waals surface area contributed by atoms with Crippen molar-refractivity contribution >= 4 is 0 Å². The van der Waals surface area contributed by atoms with Crippen molar-refractivity contribution in [2.24, 2.45) is 0 Å². The van der Waals surface area contributed by atoms with Crippen LogP contribution in [-0.4, -0.2) is 19.8 Å². The molecule has 0 aromatic heterocycles. The maximum Gasteiger partial charge on any atom is 0.125 e. The molecular weight excluding hydrogens is 104 g/mol. The van der Waals surface area contributed by atoms with E-state index in [1.165, 1.54) is 0 Å². The van der Waals surface area contributed by atoms with Crippen LogP contribution >= 0.6 is 0 Å². The molecule has 0 N–H and O–H groups in total. The third kappa shape index (κ3) is 1.23. The van der Waals surface area contributed by atoms with E-state index in [1.807, 2.05) is 6.08 Å². The van der Waals surface area contributed by atoms with Gasteiger partial charge in [-0.15, -0.1) is 0 Å². The molecule has 2 nitrogen and oxygen atoms in total. The van der Waals surface area contributed by atoms with Crippen LogP contribution in [0.2, 0.25) is 0 Å². The first-order valence-corrected chi connectivity index (χ1v) is 2.73. The van der Waals surface area contributed by atoms with Crippen molar-refractivity contribution in [2.75, 3.05) is 13.7 Å². The van der Waals surface area contributed by atoms with Crippen LogP contribution in [0.5, 0.6) is 0 Å². The van der Waals surface area contributed by atoms with Crippen LogP contribution in [0.15, 0.2) is 12.3 Å². The van der Waals surface area contributed by atoms with E-state index in [9.17, 15) is 0 Å². The van der Waals surface area contributed by atoms with Gasteiger partial charge in [0.1, 0.15) is 6.10 Å². The Balaban J connectivity index is 2.10. The van der Waals surface area contributed by atoms with Gasteiger partial charge in [-0.2, -0.15) is 0 Å². The molecule has 0 aliphatic carbocycles. The summed E-state index contributed by atoms with van der Waals surface area (Å²) in [6.07, 6.45) is 5.00. The summed E-state index contributed by atoms with van der Waals surface area (Å²) in [6.45, 7) is 0.701. The summed E-state index contributed by atoms with van der Waals surface area (Å²) in [4.78, 5) is 0. The lowest BCUT2D eigenvalue weighted by molar-refractivity contribution is 0.0668. The Morgan fingerprint density at radius 3 is 3.25 bits per heavy atom. The highest BCUT2D eigenvalue weighted by atomic mass is 16.5. The van der Waals surface area contributed by atoms with Crippen molar-refractivity contribution in [3.05, 3.63) is 12.3 Å². The van der Waals surface area contributed by atoms with Gasteiger partial charge in [0.15, 0.2) is 0 Å². The molecule has 1 aliphatic heterocycles. The summed E-state index contributed by atoms with van der Waals surface area (Å²) in [5.74, 6) is 0. The Morgan fingerprint density at radius 2 is 2.75 bits per heavy atom. The molecule has 1 rings (SSSR count). The van der Waals surface area contributed by atoms with Gasteiger partial charge >= 0.3 is 0 Å². The standard InChI is InChI=1S/C6H10O2/c1-7-5-6-3-2-4-8-6/h2,4,6H,3,5H2,1H3. The van der Waals surface area contributed by atoms with Gasteiger partial charge in [0, 0.05) is 13.5 Å². The summed E-state index contributed by atoms with van der Waals surface area (Å²) in [7, 11) is 1.68. The van der Waals surface area contributed by atoms with Crippen molar-refractivity contribution in [3.63, 3.8) is 0 Å². The first kappa shape index (κ1) is 5.63. The predicted molar refractivity (Wildman–Crippen MR) is 30.5 cm³/mol. The van der Waals surface area contributed by atoms with Gasteiger partial charge in [0.25, 0.3) is 0 Å². The lowest BCUT2D eigenvalue weighted by Gasteiger charge is -2.06. The van der Waals surface area contributed by atoms with Crippen LogP contribution in [-0.2, 0) is 9.47 Å². The SMILES string of the molecule is COCC1CC=CO1. The summed E-state index contributed by atoms with van der Waals surface area (Å²) in [5, 5.41) is 0. The lowest BCUT2D eigenvalue weighted by atomic mass is 10.3. The van der Waals surface area contributed by atoms with Gasteiger partial charge in [0.05, 0.1) is 12.9 Å². The van der Waals surface area contributed by atoms with Crippen molar-refractivity contribution in [3.8, 4) is 0 Å². The largest absolute Gasteiger partial charge is 0.496 e. The quantitative estimate of drug-likeness (QED) is 0.531. The molecule has 0 radical (unpaired) electrons. The van der Waals surface area contributed by atoms with Gasteiger partial charge in [-0.25, -0.2) is 0 Å². The first-order valence-electron chi connectivity index (χ1n) is 2.73. The van der Waals surface area contributed by atoms with Gasteiger partial charge < -0.3 is 9.47 Å². The second-order valence-electron chi connectivity index (χ2n) is 1.82. The monoisotopic (exact) mass is 114 g/mol. The molecule has 8 heavy (non-hydrogen) atoms. The van der Waals surface area contributed by atoms with E-state index in [0.717, 1.165) is 6.42 Å². The molecule has 1 unspecified atom stereocenters. The van der Waals surface area contributed by atoms with Gasteiger partial charge in [-0.3, -0.25) is 0 Å². The molecule has 2 heteroatoms. The van der Waals surface area contributed by atoms with E-state index in [0.29, 0.717) is 6.61 Å².